The van der Waals surface area contributed by atoms with Crippen LogP contribution in [-0.4, -0.2) is 68.7 Å². The van der Waals surface area contributed by atoms with Crippen LogP contribution in [0.1, 0.15) is 63.4 Å². The van der Waals surface area contributed by atoms with Crippen LogP contribution >= 0.6 is 0 Å². The third kappa shape index (κ3) is 3.10. The zero-order valence-electron chi connectivity index (χ0n) is 22.2. The summed E-state index contributed by atoms with van der Waals surface area (Å²) in [6.45, 7) is 4.22. The van der Waals surface area contributed by atoms with E-state index >= 15 is 0 Å². The lowest BCUT2D eigenvalue weighted by Gasteiger charge is -2.55. The number of fused-ring (bicyclic) bond motifs is 2. The Labute approximate surface area is 224 Å². The first kappa shape index (κ1) is 23.8. The highest BCUT2D eigenvalue weighted by Crippen LogP contribution is 2.69. The van der Waals surface area contributed by atoms with Crippen LogP contribution in [-0.2, 0) is 4.74 Å². The summed E-state index contributed by atoms with van der Waals surface area (Å²) in [5.41, 5.74) is 9.30. The molecule has 2 spiro atoms. The second kappa shape index (κ2) is 7.98. The second-order valence-electron chi connectivity index (χ2n) is 13.4. The monoisotopic (exact) mass is 513 g/mol. The normalized spacial score (nSPS) is 45.9. The number of benzene rings is 1. The Morgan fingerprint density at radius 1 is 1.13 bits per heavy atom. The van der Waals surface area contributed by atoms with E-state index < -0.39 is 6.10 Å². The first-order chi connectivity index (χ1) is 18.3. The van der Waals surface area contributed by atoms with E-state index in [0.717, 1.165) is 57.0 Å². The summed E-state index contributed by atoms with van der Waals surface area (Å²) in [7, 11) is 0. The molecule has 4 fully saturated rings. The lowest BCUT2D eigenvalue weighted by atomic mass is 9.58. The molecule has 6 aliphatic rings. The summed E-state index contributed by atoms with van der Waals surface area (Å²) < 4.78 is 7.40. The first-order valence-corrected chi connectivity index (χ1v) is 14.6. The van der Waals surface area contributed by atoms with Crippen molar-refractivity contribution in [1.82, 2.24) is 9.88 Å². The predicted molar refractivity (Wildman–Crippen MR) is 146 cm³/mol. The van der Waals surface area contributed by atoms with Crippen LogP contribution in [0.25, 0.3) is 10.8 Å². The lowest BCUT2D eigenvalue weighted by molar-refractivity contribution is -0.150. The molecule has 3 aliphatic carbocycles. The average Bonchev–Trinajstić information content (AvgIpc) is 3.56. The van der Waals surface area contributed by atoms with Gasteiger partial charge in [0, 0.05) is 54.8 Å². The van der Waals surface area contributed by atoms with Crippen LogP contribution < -0.4 is 5.73 Å². The Bertz CT molecular complexity index is 1370. The smallest absolute Gasteiger partial charge is 0.0975 e. The van der Waals surface area contributed by atoms with Crippen molar-refractivity contribution in [1.29, 1.82) is 0 Å². The van der Waals surface area contributed by atoms with Gasteiger partial charge >= 0.3 is 0 Å². The zero-order valence-corrected chi connectivity index (χ0v) is 22.2. The Morgan fingerprint density at radius 3 is 2.87 bits per heavy atom. The maximum atomic E-state index is 11.6. The fourth-order valence-corrected chi connectivity index (χ4v) is 9.76. The van der Waals surface area contributed by atoms with Gasteiger partial charge in [-0.2, -0.15) is 0 Å². The molecule has 38 heavy (non-hydrogen) atoms. The fraction of sp³-hybridized carbons (Fsp3) is 0.594. The van der Waals surface area contributed by atoms with E-state index in [4.69, 9.17) is 10.5 Å². The molecule has 2 saturated carbocycles. The molecular weight excluding hydrogens is 474 g/mol. The average molecular weight is 514 g/mol. The summed E-state index contributed by atoms with van der Waals surface area (Å²) in [5, 5.41) is 25.1. The van der Waals surface area contributed by atoms with Gasteiger partial charge in [-0.3, -0.25) is 9.88 Å². The molecule has 2 saturated heterocycles. The van der Waals surface area contributed by atoms with Crippen LogP contribution in [0.3, 0.4) is 0 Å². The number of nitrogens with zero attached hydrogens (tertiary/aromatic N) is 2. The number of hydrogen-bond acceptors (Lipinski definition) is 6. The van der Waals surface area contributed by atoms with Crippen molar-refractivity contribution in [3.8, 4) is 0 Å². The molecule has 2 unspecified atom stereocenters. The number of likely N-dealkylation sites (tertiary alicyclic amines) is 1. The number of hydrogen-bond donors (Lipinski definition) is 3. The maximum absolute atomic E-state index is 11.6. The van der Waals surface area contributed by atoms with Crippen molar-refractivity contribution in [3.63, 3.8) is 0 Å². The Hall–Kier alpha value is -2.09. The number of nitrogens with two attached hydrogens (primary N) is 1. The Kier molecular flexibility index (Phi) is 4.99. The van der Waals surface area contributed by atoms with Crippen molar-refractivity contribution in [3.05, 3.63) is 65.5 Å². The predicted octanol–water partition coefficient (Wildman–Crippen LogP) is 3.82. The SMILES string of the molecule is C[C@]12CC=C3C=C4C[C@@H](O)[C@@H](N5CC[C@@H](N)C5)C[C@]45CCC3(O5)[C@@H]1C[C@@H](O)C2c1ccc2ccncc2c1. The lowest BCUT2D eigenvalue weighted by Crippen LogP contribution is -2.58. The highest BCUT2D eigenvalue weighted by molar-refractivity contribution is 5.82. The molecule has 200 valence electrons. The van der Waals surface area contributed by atoms with Crippen molar-refractivity contribution in [2.75, 3.05) is 13.1 Å². The second-order valence-corrected chi connectivity index (χ2v) is 13.4. The van der Waals surface area contributed by atoms with Crippen LogP contribution in [0.5, 0.6) is 0 Å². The van der Waals surface area contributed by atoms with Crippen LogP contribution in [0, 0.1) is 11.3 Å². The van der Waals surface area contributed by atoms with Crippen molar-refractivity contribution >= 4 is 10.8 Å². The number of aliphatic hydroxyl groups is 2. The van der Waals surface area contributed by atoms with Crippen molar-refractivity contribution in [2.24, 2.45) is 17.1 Å². The molecule has 2 bridgehead atoms. The van der Waals surface area contributed by atoms with Crippen molar-refractivity contribution < 1.29 is 14.9 Å². The fourth-order valence-electron chi connectivity index (χ4n) is 9.76. The minimum Gasteiger partial charge on any atom is -0.392 e. The molecular formula is C32H39N3O3. The topological polar surface area (TPSA) is 91.8 Å². The minimum atomic E-state index is -0.404. The van der Waals surface area contributed by atoms with Crippen LogP contribution in [0.2, 0.25) is 0 Å². The quantitative estimate of drug-likeness (QED) is 0.566. The zero-order chi connectivity index (χ0) is 25.9. The molecule has 6 heteroatoms. The molecule has 6 nitrogen and oxygen atoms in total. The Morgan fingerprint density at radius 2 is 2.03 bits per heavy atom. The molecule has 0 radical (unpaired) electrons. The molecule has 8 rings (SSSR count). The number of aromatic nitrogens is 1. The van der Waals surface area contributed by atoms with Gasteiger partial charge in [-0.25, -0.2) is 0 Å². The van der Waals surface area contributed by atoms with Crippen LogP contribution in [0.4, 0.5) is 0 Å². The molecule has 4 heterocycles. The molecule has 0 amide bonds. The molecule has 1 aromatic carbocycles. The molecule has 3 aliphatic heterocycles. The maximum Gasteiger partial charge on any atom is 0.0975 e. The largest absolute Gasteiger partial charge is 0.392 e. The third-order valence-corrected chi connectivity index (χ3v) is 11.5. The van der Waals surface area contributed by atoms with E-state index in [-0.39, 0.29) is 46.6 Å². The highest BCUT2D eigenvalue weighted by atomic mass is 16.5. The van der Waals surface area contributed by atoms with Gasteiger partial charge in [-0.05, 0) is 84.6 Å². The number of aliphatic hydroxyl groups excluding tert-OH is 2. The standard InChI is InChI=1S/C32H39N3O3/c1-30-7-4-22-13-23-14-26(36)25(35-11-6-24(33)18-35)16-31(23)8-9-32(22,38-31)28(30)15-27(37)29(30)20-3-2-19-5-10-34-17-21(19)12-20/h2-5,10,12-13,17,24-29,36-37H,6-9,11,14-16,18,33H2,1H3/t24-,25+,26-,27-,28-,29?,30+,31-,32?/m1/s1. The summed E-state index contributed by atoms with van der Waals surface area (Å²) in [6.07, 6.45) is 14.0. The van der Waals surface area contributed by atoms with E-state index in [0.29, 0.717) is 6.42 Å². The van der Waals surface area contributed by atoms with Crippen molar-refractivity contribution in [2.45, 2.75) is 93.3 Å². The number of rotatable bonds is 2. The highest BCUT2D eigenvalue weighted by Gasteiger charge is 2.68. The third-order valence-electron chi connectivity index (χ3n) is 11.5. The van der Waals surface area contributed by atoms with Gasteiger partial charge in [0.1, 0.15) is 0 Å². The van der Waals surface area contributed by atoms with Gasteiger partial charge in [0.2, 0.25) is 0 Å². The van der Waals surface area contributed by atoms with Gasteiger partial charge in [0.25, 0.3) is 0 Å². The Balaban J connectivity index is 1.16. The van der Waals surface area contributed by atoms with Gasteiger partial charge in [0.05, 0.1) is 23.4 Å². The van der Waals surface area contributed by atoms with Gasteiger partial charge in [-0.15, -0.1) is 0 Å². The summed E-state index contributed by atoms with van der Waals surface area (Å²) >= 11 is 0. The summed E-state index contributed by atoms with van der Waals surface area (Å²) in [4.78, 5) is 6.75. The number of allylic oxidation sites excluding steroid dienone is 1. The van der Waals surface area contributed by atoms with E-state index in [2.05, 4.69) is 47.2 Å². The summed E-state index contributed by atoms with van der Waals surface area (Å²) in [5.74, 6) is 0.309. The molecule has 9 atom stereocenters. The molecule has 1 aromatic heterocycles. The number of ether oxygens (including phenoxy) is 1. The first-order valence-electron chi connectivity index (χ1n) is 14.6. The number of pyridine rings is 1. The van der Waals surface area contributed by atoms with Gasteiger partial charge in [0.15, 0.2) is 0 Å². The van der Waals surface area contributed by atoms with E-state index in [1.165, 1.54) is 22.1 Å². The summed E-state index contributed by atoms with van der Waals surface area (Å²) in [6, 6.07) is 8.98. The van der Waals surface area contributed by atoms with E-state index in [1.54, 1.807) is 0 Å². The minimum absolute atomic E-state index is 0.0572. The van der Waals surface area contributed by atoms with E-state index in [1.807, 2.05) is 18.5 Å². The van der Waals surface area contributed by atoms with Crippen LogP contribution in [0.15, 0.2) is 60.0 Å². The van der Waals surface area contributed by atoms with Gasteiger partial charge < -0.3 is 20.7 Å². The van der Waals surface area contributed by atoms with E-state index in [9.17, 15) is 10.2 Å². The molecule has 2 aromatic rings. The van der Waals surface area contributed by atoms with Gasteiger partial charge in [-0.1, -0.05) is 31.2 Å². The molecule has 4 N–H and O–H groups in total.